The van der Waals surface area contributed by atoms with E-state index in [-0.39, 0.29) is 17.8 Å². The topological polar surface area (TPSA) is 65.0 Å². The SMILES string of the molecule is Cc1cc(C[C@@H]2CN(Cc3nc(-c4ccc(F)cc4)cs3)C[C@H]2O)n[nH]1. The Balaban J connectivity index is 1.38. The molecule has 1 aliphatic rings. The monoisotopic (exact) mass is 372 g/mol. The molecule has 0 radical (unpaired) electrons. The molecule has 0 bridgehead atoms. The summed E-state index contributed by atoms with van der Waals surface area (Å²) in [7, 11) is 0. The maximum absolute atomic E-state index is 13.1. The maximum atomic E-state index is 13.1. The lowest BCUT2D eigenvalue weighted by atomic mass is 10.0. The molecule has 3 heterocycles. The molecule has 7 heteroatoms. The normalized spacial score (nSPS) is 20.7. The fraction of sp³-hybridized carbons (Fsp3) is 0.368. The highest BCUT2D eigenvalue weighted by Crippen LogP contribution is 2.26. The van der Waals surface area contributed by atoms with Gasteiger partial charge >= 0.3 is 0 Å². The van der Waals surface area contributed by atoms with E-state index in [1.165, 1.54) is 12.1 Å². The molecule has 2 N–H and O–H groups in total. The van der Waals surface area contributed by atoms with Gasteiger partial charge in [-0.15, -0.1) is 11.3 Å². The third kappa shape index (κ3) is 3.85. The first-order valence-electron chi connectivity index (χ1n) is 8.68. The highest BCUT2D eigenvalue weighted by molar-refractivity contribution is 7.09. The van der Waals surface area contributed by atoms with Crippen LogP contribution in [0.2, 0.25) is 0 Å². The number of β-amino-alcohol motifs (C(OH)–C–C–N with tert-alkyl or cyclic N) is 1. The average molecular weight is 372 g/mol. The highest BCUT2D eigenvalue weighted by atomic mass is 32.1. The Morgan fingerprint density at radius 1 is 1.31 bits per heavy atom. The van der Waals surface area contributed by atoms with Crippen LogP contribution in [0.1, 0.15) is 16.4 Å². The number of halogens is 1. The van der Waals surface area contributed by atoms with E-state index in [1.807, 2.05) is 18.4 Å². The van der Waals surface area contributed by atoms with Gasteiger partial charge in [0.15, 0.2) is 0 Å². The Bertz CT molecular complexity index is 876. The molecule has 0 aliphatic carbocycles. The number of likely N-dealkylation sites (tertiary alicyclic amines) is 1. The van der Waals surface area contributed by atoms with Gasteiger partial charge in [-0.3, -0.25) is 10.00 Å². The summed E-state index contributed by atoms with van der Waals surface area (Å²) in [5, 5.41) is 20.6. The summed E-state index contributed by atoms with van der Waals surface area (Å²) in [5.41, 5.74) is 3.83. The molecular formula is C19H21FN4OS. The molecule has 136 valence electrons. The van der Waals surface area contributed by atoms with Crippen LogP contribution in [-0.2, 0) is 13.0 Å². The number of rotatable bonds is 5. The summed E-state index contributed by atoms with van der Waals surface area (Å²) in [6.07, 6.45) is 0.435. The van der Waals surface area contributed by atoms with Gasteiger partial charge in [-0.05, 0) is 43.7 Å². The van der Waals surface area contributed by atoms with E-state index >= 15 is 0 Å². The summed E-state index contributed by atoms with van der Waals surface area (Å²) >= 11 is 1.60. The third-order valence-electron chi connectivity index (χ3n) is 4.76. The number of aromatic nitrogens is 3. The van der Waals surface area contributed by atoms with Crippen LogP contribution in [0, 0.1) is 18.7 Å². The number of benzene rings is 1. The van der Waals surface area contributed by atoms with Gasteiger partial charge in [-0.2, -0.15) is 5.10 Å². The van der Waals surface area contributed by atoms with Gasteiger partial charge in [-0.1, -0.05) is 0 Å². The van der Waals surface area contributed by atoms with Crippen LogP contribution in [0.3, 0.4) is 0 Å². The third-order valence-corrected chi connectivity index (χ3v) is 5.60. The second-order valence-electron chi connectivity index (χ2n) is 6.90. The number of hydrogen-bond donors (Lipinski definition) is 2. The fourth-order valence-electron chi connectivity index (χ4n) is 3.45. The molecule has 2 aromatic heterocycles. The van der Waals surface area contributed by atoms with Gasteiger partial charge in [0.05, 0.1) is 24.0 Å². The van der Waals surface area contributed by atoms with E-state index in [4.69, 9.17) is 0 Å². The molecule has 5 nitrogen and oxygen atoms in total. The number of H-pyrrole nitrogens is 1. The predicted molar refractivity (Wildman–Crippen MR) is 99.3 cm³/mol. The average Bonchev–Trinajstić information content (AvgIpc) is 3.31. The van der Waals surface area contributed by atoms with Crippen molar-refractivity contribution in [3.8, 4) is 11.3 Å². The van der Waals surface area contributed by atoms with Crippen LogP contribution in [0.25, 0.3) is 11.3 Å². The molecule has 0 unspecified atom stereocenters. The van der Waals surface area contributed by atoms with Crippen molar-refractivity contribution in [1.82, 2.24) is 20.1 Å². The lowest BCUT2D eigenvalue weighted by Gasteiger charge is -2.13. The summed E-state index contributed by atoms with van der Waals surface area (Å²) in [4.78, 5) is 6.90. The number of aromatic amines is 1. The van der Waals surface area contributed by atoms with Crippen LogP contribution in [0.5, 0.6) is 0 Å². The van der Waals surface area contributed by atoms with Crippen LogP contribution < -0.4 is 0 Å². The molecule has 1 aromatic carbocycles. The second kappa shape index (κ2) is 7.26. The zero-order valence-electron chi connectivity index (χ0n) is 14.5. The Morgan fingerprint density at radius 2 is 2.12 bits per heavy atom. The highest BCUT2D eigenvalue weighted by Gasteiger charge is 2.32. The van der Waals surface area contributed by atoms with E-state index < -0.39 is 0 Å². The van der Waals surface area contributed by atoms with Crippen molar-refractivity contribution < 1.29 is 9.50 Å². The molecule has 4 rings (SSSR count). The Morgan fingerprint density at radius 3 is 2.85 bits per heavy atom. The first-order chi connectivity index (χ1) is 12.6. The molecule has 1 aliphatic heterocycles. The summed E-state index contributed by atoms with van der Waals surface area (Å²) in [6, 6.07) is 8.43. The molecule has 1 fully saturated rings. The minimum atomic E-state index is -0.344. The molecule has 1 saturated heterocycles. The fourth-order valence-corrected chi connectivity index (χ4v) is 4.29. The van der Waals surface area contributed by atoms with Crippen LogP contribution >= 0.6 is 11.3 Å². The molecule has 2 atom stereocenters. The van der Waals surface area contributed by atoms with Gasteiger partial charge < -0.3 is 5.11 Å². The van der Waals surface area contributed by atoms with E-state index in [9.17, 15) is 9.50 Å². The Kier molecular flexibility index (Phi) is 4.84. The first kappa shape index (κ1) is 17.3. The minimum Gasteiger partial charge on any atom is -0.391 e. The number of aliphatic hydroxyl groups is 1. The van der Waals surface area contributed by atoms with Crippen molar-refractivity contribution in [2.75, 3.05) is 13.1 Å². The van der Waals surface area contributed by atoms with E-state index in [0.717, 1.165) is 47.2 Å². The van der Waals surface area contributed by atoms with Crippen molar-refractivity contribution in [1.29, 1.82) is 0 Å². The molecule has 26 heavy (non-hydrogen) atoms. The van der Waals surface area contributed by atoms with Crippen molar-refractivity contribution in [3.05, 3.63) is 57.9 Å². The second-order valence-corrected chi connectivity index (χ2v) is 7.84. The van der Waals surface area contributed by atoms with Crippen LogP contribution in [0.4, 0.5) is 4.39 Å². The quantitative estimate of drug-likeness (QED) is 0.723. The zero-order chi connectivity index (χ0) is 18.1. The lowest BCUT2D eigenvalue weighted by molar-refractivity contribution is 0.140. The standard InChI is InChI=1S/C19H21FN4OS/c1-12-6-16(23-22-12)7-14-8-24(9-18(14)25)10-19-21-17(11-26-19)13-2-4-15(20)5-3-13/h2-6,11,14,18,25H,7-10H2,1H3,(H,22,23)/t14-,18-/m1/s1. The Labute approximate surface area is 155 Å². The summed E-state index contributed by atoms with van der Waals surface area (Å²) in [5.74, 6) is -0.0531. The van der Waals surface area contributed by atoms with E-state index in [2.05, 4.69) is 20.1 Å². The van der Waals surface area contributed by atoms with Crippen LogP contribution in [0.15, 0.2) is 35.7 Å². The molecule has 3 aromatic rings. The number of aryl methyl sites for hydroxylation is 1. The molecular weight excluding hydrogens is 351 g/mol. The van der Waals surface area contributed by atoms with Crippen LogP contribution in [-0.4, -0.2) is 44.4 Å². The minimum absolute atomic E-state index is 0.189. The zero-order valence-corrected chi connectivity index (χ0v) is 15.3. The van der Waals surface area contributed by atoms with Gasteiger partial charge in [-0.25, -0.2) is 9.37 Å². The molecule has 0 spiro atoms. The van der Waals surface area contributed by atoms with E-state index in [1.54, 1.807) is 23.5 Å². The number of thiazole rings is 1. The van der Waals surface area contributed by atoms with Gasteiger partial charge in [0.1, 0.15) is 10.8 Å². The number of nitrogens with one attached hydrogen (secondary N) is 1. The van der Waals surface area contributed by atoms with Gasteiger partial charge in [0, 0.05) is 35.6 Å². The number of nitrogens with zero attached hydrogens (tertiary/aromatic N) is 3. The van der Waals surface area contributed by atoms with Gasteiger partial charge in [0.2, 0.25) is 0 Å². The summed E-state index contributed by atoms with van der Waals surface area (Å²) in [6.45, 7) is 4.19. The predicted octanol–water partition coefficient (Wildman–Crippen LogP) is 3.02. The van der Waals surface area contributed by atoms with Gasteiger partial charge in [0.25, 0.3) is 0 Å². The maximum Gasteiger partial charge on any atom is 0.123 e. The number of hydrogen-bond acceptors (Lipinski definition) is 5. The largest absolute Gasteiger partial charge is 0.391 e. The number of aliphatic hydroxyl groups excluding tert-OH is 1. The molecule has 0 amide bonds. The van der Waals surface area contributed by atoms with Crippen molar-refractivity contribution in [2.24, 2.45) is 5.92 Å². The van der Waals surface area contributed by atoms with Crippen molar-refractivity contribution in [3.63, 3.8) is 0 Å². The smallest absolute Gasteiger partial charge is 0.123 e. The molecule has 0 saturated carbocycles. The first-order valence-corrected chi connectivity index (χ1v) is 9.56. The van der Waals surface area contributed by atoms with Crippen molar-refractivity contribution in [2.45, 2.75) is 26.0 Å². The summed E-state index contributed by atoms with van der Waals surface area (Å²) < 4.78 is 13.1. The Hall–Kier alpha value is -2.09. The lowest BCUT2D eigenvalue weighted by Crippen LogP contribution is -2.21. The van der Waals surface area contributed by atoms with Crippen molar-refractivity contribution >= 4 is 11.3 Å². The van der Waals surface area contributed by atoms with E-state index in [0.29, 0.717) is 6.54 Å².